The maximum atomic E-state index is 8.82. The number of hydrogen-bond donors (Lipinski definition) is 0. The van der Waals surface area contributed by atoms with Crippen molar-refractivity contribution in [2.24, 2.45) is 0 Å². The van der Waals surface area contributed by atoms with E-state index in [4.69, 9.17) is 5.26 Å². The van der Waals surface area contributed by atoms with Crippen LogP contribution in [0.4, 0.5) is 0 Å². The van der Waals surface area contributed by atoms with Gasteiger partial charge in [0.05, 0.1) is 16.9 Å². The average Bonchev–Trinajstić information content (AvgIpc) is 2.60. The third-order valence-electron chi connectivity index (χ3n) is 2.09. The van der Waals surface area contributed by atoms with Crippen LogP contribution in [0.1, 0.15) is 11.3 Å². The molecule has 74 valence electrons. The Bertz CT molecular complexity index is 537. The number of aryl methyl sites for hydroxylation is 1. The molecule has 0 fully saturated rings. The minimum absolute atomic E-state index is 0.606. The molecule has 2 rings (SSSR count). The molecule has 0 radical (unpaired) electrons. The molecule has 1 aromatic heterocycles. The highest BCUT2D eigenvalue weighted by atomic mass is 79.9. The predicted octanol–water partition coefficient (Wildman–Crippen LogP) is 2.81. The maximum Gasteiger partial charge on any atom is 0.103 e. The summed E-state index contributed by atoms with van der Waals surface area (Å²) in [6, 6.07) is 9.88. The van der Waals surface area contributed by atoms with Gasteiger partial charge in [0.2, 0.25) is 0 Å². The molecule has 2 aromatic rings. The van der Waals surface area contributed by atoms with Crippen LogP contribution in [0.2, 0.25) is 0 Å². The van der Waals surface area contributed by atoms with Crippen LogP contribution in [0, 0.1) is 18.3 Å². The summed E-state index contributed by atoms with van der Waals surface area (Å²) in [4.78, 5) is 0. The smallest absolute Gasteiger partial charge is 0.103 e. The van der Waals surface area contributed by atoms with Crippen LogP contribution in [0.5, 0.6) is 0 Å². The van der Waals surface area contributed by atoms with Crippen LogP contribution in [0.3, 0.4) is 0 Å². The van der Waals surface area contributed by atoms with E-state index in [-0.39, 0.29) is 0 Å². The molecule has 3 nitrogen and oxygen atoms in total. The zero-order valence-electron chi connectivity index (χ0n) is 8.11. The van der Waals surface area contributed by atoms with Gasteiger partial charge in [0, 0.05) is 10.7 Å². The van der Waals surface area contributed by atoms with E-state index in [1.807, 2.05) is 31.2 Å². The number of rotatable bonds is 1. The molecule has 1 aromatic carbocycles. The molecule has 4 heteroatoms. The van der Waals surface area contributed by atoms with Gasteiger partial charge in [-0.15, -0.1) is 0 Å². The summed E-state index contributed by atoms with van der Waals surface area (Å²) >= 11 is 3.40. The van der Waals surface area contributed by atoms with Gasteiger partial charge in [0.25, 0.3) is 0 Å². The molecule has 0 saturated heterocycles. The minimum Gasteiger partial charge on any atom is -0.239 e. The monoisotopic (exact) mass is 261 g/mol. The highest BCUT2D eigenvalue weighted by Crippen LogP contribution is 2.16. The van der Waals surface area contributed by atoms with E-state index in [0.29, 0.717) is 5.56 Å². The predicted molar refractivity (Wildman–Crippen MR) is 60.7 cm³/mol. The molecule has 15 heavy (non-hydrogen) atoms. The molecule has 0 bridgehead atoms. The van der Waals surface area contributed by atoms with Gasteiger partial charge in [-0.25, -0.2) is 4.68 Å². The number of nitriles is 1. The molecule has 0 amide bonds. The van der Waals surface area contributed by atoms with Crippen LogP contribution >= 0.6 is 15.9 Å². The zero-order chi connectivity index (χ0) is 10.8. The van der Waals surface area contributed by atoms with E-state index < -0.39 is 0 Å². The number of aromatic nitrogens is 2. The van der Waals surface area contributed by atoms with E-state index in [1.54, 1.807) is 10.9 Å². The van der Waals surface area contributed by atoms with Crippen molar-refractivity contribution < 1.29 is 0 Å². The van der Waals surface area contributed by atoms with Gasteiger partial charge in [0.1, 0.15) is 6.07 Å². The molecule has 0 atom stereocenters. The van der Waals surface area contributed by atoms with Crippen LogP contribution < -0.4 is 0 Å². The molecule has 1 heterocycles. The fourth-order valence-electron chi connectivity index (χ4n) is 1.32. The first kappa shape index (κ1) is 9.94. The first-order chi connectivity index (χ1) is 7.20. The summed E-state index contributed by atoms with van der Waals surface area (Å²) in [6.07, 6.45) is 1.73. The summed E-state index contributed by atoms with van der Waals surface area (Å²) in [6.45, 7) is 1.83. The fraction of sp³-hybridized carbons (Fsp3) is 0.0909. The number of benzene rings is 1. The standard InChI is InChI=1S/C11H8BrN3/c1-8-9(6-13)7-15(14-8)11-4-2-3-10(12)5-11/h2-5,7H,1H3. The fourth-order valence-corrected chi connectivity index (χ4v) is 1.71. The molecule has 0 spiro atoms. The SMILES string of the molecule is Cc1nn(-c2cccc(Br)c2)cc1C#N. The summed E-state index contributed by atoms with van der Waals surface area (Å²) in [5.41, 5.74) is 2.29. The topological polar surface area (TPSA) is 41.6 Å². The quantitative estimate of drug-likeness (QED) is 0.792. The van der Waals surface area contributed by atoms with Crippen molar-refractivity contribution >= 4 is 15.9 Å². The first-order valence-electron chi connectivity index (χ1n) is 4.43. The third-order valence-corrected chi connectivity index (χ3v) is 2.59. The van der Waals surface area contributed by atoms with Gasteiger partial charge >= 0.3 is 0 Å². The van der Waals surface area contributed by atoms with Gasteiger partial charge in [-0.3, -0.25) is 0 Å². The van der Waals surface area contributed by atoms with Crippen LogP contribution in [0.15, 0.2) is 34.9 Å². The molecule has 0 aliphatic rings. The van der Waals surface area contributed by atoms with Crippen LogP contribution in [-0.2, 0) is 0 Å². The molecular formula is C11H8BrN3. The van der Waals surface area contributed by atoms with Crippen molar-refractivity contribution in [3.8, 4) is 11.8 Å². The van der Waals surface area contributed by atoms with Crippen molar-refractivity contribution in [3.05, 3.63) is 46.2 Å². The van der Waals surface area contributed by atoms with E-state index >= 15 is 0 Å². The lowest BCUT2D eigenvalue weighted by molar-refractivity contribution is 0.862. The molecule has 0 aliphatic heterocycles. The van der Waals surface area contributed by atoms with Crippen LogP contribution in [0.25, 0.3) is 5.69 Å². The lowest BCUT2D eigenvalue weighted by Crippen LogP contribution is -1.94. The summed E-state index contributed by atoms with van der Waals surface area (Å²) in [5, 5.41) is 13.1. The van der Waals surface area contributed by atoms with Gasteiger partial charge in [0.15, 0.2) is 0 Å². The summed E-state index contributed by atoms with van der Waals surface area (Å²) < 4.78 is 2.70. The number of hydrogen-bond acceptors (Lipinski definition) is 2. The third kappa shape index (κ3) is 1.92. The minimum atomic E-state index is 0.606. The molecule has 0 unspecified atom stereocenters. The van der Waals surface area contributed by atoms with E-state index in [0.717, 1.165) is 15.9 Å². The lowest BCUT2D eigenvalue weighted by Gasteiger charge is -2.00. The van der Waals surface area contributed by atoms with Crippen molar-refractivity contribution in [3.63, 3.8) is 0 Å². The second kappa shape index (κ2) is 3.87. The Kier molecular flexibility index (Phi) is 2.57. The first-order valence-corrected chi connectivity index (χ1v) is 5.22. The Balaban J connectivity index is 2.51. The van der Waals surface area contributed by atoms with E-state index in [1.165, 1.54) is 0 Å². The lowest BCUT2D eigenvalue weighted by atomic mass is 10.3. The molecule has 0 saturated carbocycles. The van der Waals surface area contributed by atoms with Crippen molar-refractivity contribution in [1.82, 2.24) is 9.78 Å². The second-order valence-corrected chi connectivity index (χ2v) is 4.08. The average molecular weight is 262 g/mol. The molecular weight excluding hydrogens is 254 g/mol. The second-order valence-electron chi connectivity index (χ2n) is 3.16. The Labute approximate surface area is 96.1 Å². The Morgan fingerprint density at radius 3 is 2.87 bits per heavy atom. The van der Waals surface area contributed by atoms with E-state index in [9.17, 15) is 0 Å². The number of nitrogens with zero attached hydrogens (tertiary/aromatic N) is 3. The number of halogens is 1. The zero-order valence-corrected chi connectivity index (χ0v) is 9.69. The highest BCUT2D eigenvalue weighted by Gasteiger charge is 2.05. The maximum absolute atomic E-state index is 8.82. The highest BCUT2D eigenvalue weighted by molar-refractivity contribution is 9.10. The van der Waals surface area contributed by atoms with Crippen LogP contribution in [-0.4, -0.2) is 9.78 Å². The normalized spacial score (nSPS) is 9.93. The van der Waals surface area contributed by atoms with E-state index in [2.05, 4.69) is 27.1 Å². The van der Waals surface area contributed by atoms with Gasteiger partial charge in [-0.2, -0.15) is 10.4 Å². The Hall–Kier alpha value is -1.60. The Morgan fingerprint density at radius 1 is 1.47 bits per heavy atom. The largest absolute Gasteiger partial charge is 0.239 e. The van der Waals surface area contributed by atoms with Gasteiger partial charge < -0.3 is 0 Å². The summed E-state index contributed by atoms with van der Waals surface area (Å²) in [7, 11) is 0. The van der Waals surface area contributed by atoms with Gasteiger partial charge in [-0.05, 0) is 25.1 Å². The molecule has 0 aliphatic carbocycles. The molecule has 0 N–H and O–H groups in total. The van der Waals surface area contributed by atoms with Crippen molar-refractivity contribution in [2.45, 2.75) is 6.92 Å². The Morgan fingerprint density at radius 2 is 2.27 bits per heavy atom. The summed E-state index contributed by atoms with van der Waals surface area (Å²) in [5.74, 6) is 0. The van der Waals surface area contributed by atoms with Gasteiger partial charge in [-0.1, -0.05) is 22.0 Å². The van der Waals surface area contributed by atoms with Crippen molar-refractivity contribution in [2.75, 3.05) is 0 Å². The van der Waals surface area contributed by atoms with Crippen molar-refractivity contribution in [1.29, 1.82) is 5.26 Å².